The summed E-state index contributed by atoms with van der Waals surface area (Å²) >= 11 is 0. The Morgan fingerprint density at radius 2 is 1.82 bits per heavy atom. The van der Waals surface area contributed by atoms with Crippen molar-refractivity contribution in [1.82, 2.24) is 24.5 Å². The molecule has 0 spiro atoms. The average Bonchev–Trinajstić information content (AvgIpc) is 3.29. The molecule has 0 aliphatic carbocycles. The number of aromatic nitrogens is 5. The van der Waals surface area contributed by atoms with Crippen LogP contribution in [0.25, 0.3) is 38.5 Å². The zero-order valence-electron chi connectivity index (χ0n) is 24.8. The fourth-order valence-corrected chi connectivity index (χ4v) is 5.36. The average molecular weight is 591 g/mol. The third kappa shape index (κ3) is 5.30. The predicted molar refractivity (Wildman–Crippen MR) is 168 cm³/mol. The summed E-state index contributed by atoms with van der Waals surface area (Å²) in [6.07, 6.45) is 4.95. The maximum absolute atomic E-state index is 15.4. The van der Waals surface area contributed by atoms with Gasteiger partial charge in [0.05, 0.1) is 29.3 Å². The molecular formula is C34H31FN6O3. The molecule has 3 aromatic heterocycles. The van der Waals surface area contributed by atoms with Crippen LogP contribution in [-0.2, 0) is 28.1 Å². The van der Waals surface area contributed by atoms with Crippen molar-refractivity contribution in [1.29, 1.82) is 0 Å². The highest BCUT2D eigenvalue weighted by atomic mass is 19.1. The van der Waals surface area contributed by atoms with Crippen LogP contribution in [0.2, 0.25) is 0 Å². The fraction of sp³-hybridized carbons (Fsp3) is 0.206. The first-order valence-electron chi connectivity index (χ1n) is 14.1. The Morgan fingerprint density at radius 3 is 2.55 bits per heavy atom. The summed E-state index contributed by atoms with van der Waals surface area (Å²) < 4.78 is 23.8. The Hall–Kier alpha value is -5.38. The smallest absolute Gasteiger partial charge is 0.302 e. The number of ether oxygens (including phenoxy) is 1. The van der Waals surface area contributed by atoms with Gasteiger partial charge < -0.3 is 10.5 Å². The number of benzene rings is 3. The lowest BCUT2D eigenvalue weighted by atomic mass is 9.86. The van der Waals surface area contributed by atoms with Gasteiger partial charge in [-0.3, -0.25) is 19.3 Å². The highest BCUT2D eigenvalue weighted by molar-refractivity contribution is 5.93. The summed E-state index contributed by atoms with van der Waals surface area (Å²) in [6, 6.07) is 18.1. The molecule has 3 aromatic carbocycles. The Labute approximate surface area is 252 Å². The predicted octanol–water partition coefficient (Wildman–Crippen LogP) is 5.93. The van der Waals surface area contributed by atoms with Crippen molar-refractivity contribution in [2.24, 2.45) is 0 Å². The Morgan fingerprint density at radius 1 is 1.05 bits per heavy atom. The molecule has 10 heteroatoms. The number of fused-ring (bicyclic) bond motifs is 2. The molecular weight excluding hydrogens is 559 g/mol. The normalized spacial score (nSPS) is 11.8. The van der Waals surface area contributed by atoms with E-state index in [9.17, 15) is 9.59 Å². The molecule has 0 saturated heterocycles. The van der Waals surface area contributed by atoms with Crippen molar-refractivity contribution in [3.63, 3.8) is 0 Å². The lowest BCUT2D eigenvalue weighted by Gasteiger charge is -2.20. The van der Waals surface area contributed by atoms with Crippen LogP contribution in [0.5, 0.6) is 0 Å². The summed E-state index contributed by atoms with van der Waals surface area (Å²) in [4.78, 5) is 29.7. The quantitative estimate of drug-likeness (QED) is 0.239. The van der Waals surface area contributed by atoms with Crippen molar-refractivity contribution in [3.8, 4) is 16.8 Å². The summed E-state index contributed by atoms with van der Waals surface area (Å²) in [5.74, 6) is -0.732. The molecule has 222 valence electrons. The van der Waals surface area contributed by atoms with E-state index in [1.165, 1.54) is 19.2 Å². The molecule has 0 saturated carbocycles. The summed E-state index contributed by atoms with van der Waals surface area (Å²) in [5.41, 5.74) is 10.4. The highest BCUT2D eigenvalue weighted by Gasteiger charge is 2.21. The standard InChI is InChI=1S/C34H31FN6O3/c1-20(42)44-19-27-25(22-8-9-29-26(15-22)32(36)39-40(29)18-21-10-12-37-13-11-21)6-5-7-30(27)41-33(43)31-23(17-38-41)14-24(16-28(31)35)34(2,3)4/h5-17H,18-19H2,1-4H3,(H2,36,39). The minimum absolute atomic E-state index is 0.0624. The number of nitrogens with zero attached hydrogens (tertiary/aromatic N) is 5. The van der Waals surface area contributed by atoms with Crippen molar-refractivity contribution in [2.45, 2.75) is 46.3 Å². The van der Waals surface area contributed by atoms with Crippen LogP contribution in [-0.4, -0.2) is 30.5 Å². The van der Waals surface area contributed by atoms with Crippen LogP contribution in [0.4, 0.5) is 10.2 Å². The number of hydrogen-bond acceptors (Lipinski definition) is 7. The molecule has 0 fully saturated rings. The topological polar surface area (TPSA) is 118 Å². The van der Waals surface area contributed by atoms with Gasteiger partial charge >= 0.3 is 5.97 Å². The fourth-order valence-electron chi connectivity index (χ4n) is 5.36. The number of nitrogen functional groups attached to an aromatic ring is 1. The first-order chi connectivity index (χ1) is 21.0. The Bertz CT molecular complexity index is 2110. The minimum Gasteiger partial charge on any atom is -0.461 e. The first-order valence-corrected chi connectivity index (χ1v) is 14.1. The van der Waals surface area contributed by atoms with E-state index < -0.39 is 17.3 Å². The number of carbonyl (C=O) groups is 1. The van der Waals surface area contributed by atoms with E-state index in [0.29, 0.717) is 34.6 Å². The molecule has 0 aliphatic rings. The second-order valence-corrected chi connectivity index (χ2v) is 11.7. The molecule has 0 unspecified atom stereocenters. The maximum Gasteiger partial charge on any atom is 0.302 e. The van der Waals surface area contributed by atoms with Crippen molar-refractivity contribution in [2.75, 3.05) is 5.73 Å². The van der Waals surface area contributed by atoms with E-state index in [-0.39, 0.29) is 17.4 Å². The number of esters is 1. The SMILES string of the molecule is CC(=O)OCc1c(-c2ccc3c(c2)c(N)nn3Cc2ccncc2)cccc1-n1ncc2cc(C(C)(C)C)cc(F)c2c1=O. The Kier molecular flexibility index (Phi) is 7.20. The molecule has 0 amide bonds. The summed E-state index contributed by atoms with van der Waals surface area (Å²) in [6.45, 7) is 7.64. The van der Waals surface area contributed by atoms with E-state index in [2.05, 4.69) is 15.2 Å². The van der Waals surface area contributed by atoms with E-state index in [0.717, 1.165) is 32.3 Å². The van der Waals surface area contributed by atoms with Gasteiger partial charge in [0, 0.05) is 35.7 Å². The van der Waals surface area contributed by atoms with E-state index in [1.54, 1.807) is 30.6 Å². The molecule has 0 aliphatic heterocycles. The molecule has 0 bridgehead atoms. The van der Waals surface area contributed by atoms with Gasteiger partial charge in [-0.1, -0.05) is 39.0 Å². The zero-order chi connectivity index (χ0) is 31.2. The van der Waals surface area contributed by atoms with Gasteiger partial charge in [-0.2, -0.15) is 14.9 Å². The molecule has 2 N–H and O–H groups in total. The third-order valence-corrected chi connectivity index (χ3v) is 7.68. The minimum atomic E-state index is -0.615. The monoisotopic (exact) mass is 590 g/mol. The van der Waals surface area contributed by atoms with E-state index in [1.807, 2.05) is 61.9 Å². The number of pyridine rings is 1. The number of anilines is 1. The van der Waals surface area contributed by atoms with Gasteiger partial charge in [-0.05, 0) is 70.1 Å². The zero-order valence-corrected chi connectivity index (χ0v) is 24.8. The van der Waals surface area contributed by atoms with Gasteiger partial charge in [0.2, 0.25) is 0 Å². The van der Waals surface area contributed by atoms with Gasteiger partial charge in [0.15, 0.2) is 5.82 Å². The molecule has 6 aromatic rings. The van der Waals surface area contributed by atoms with E-state index >= 15 is 4.39 Å². The number of nitrogens with two attached hydrogens (primary N) is 1. The lowest BCUT2D eigenvalue weighted by molar-refractivity contribution is -0.142. The Balaban J connectivity index is 1.49. The van der Waals surface area contributed by atoms with Crippen LogP contribution >= 0.6 is 0 Å². The van der Waals surface area contributed by atoms with Crippen LogP contribution in [0.1, 0.15) is 44.4 Å². The maximum atomic E-state index is 15.4. The van der Waals surface area contributed by atoms with Gasteiger partial charge in [-0.25, -0.2) is 4.39 Å². The largest absolute Gasteiger partial charge is 0.461 e. The molecule has 6 rings (SSSR count). The third-order valence-electron chi connectivity index (χ3n) is 7.68. The molecule has 3 heterocycles. The van der Waals surface area contributed by atoms with E-state index in [4.69, 9.17) is 10.5 Å². The second-order valence-electron chi connectivity index (χ2n) is 11.7. The van der Waals surface area contributed by atoms with Crippen molar-refractivity contribution < 1.29 is 13.9 Å². The van der Waals surface area contributed by atoms with Gasteiger partial charge in [-0.15, -0.1) is 0 Å². The summed E-state index contributed by atoms with van der Waals surface area (Å²) in [7, 11) is 0. The molecule has 0 radical (unpaired) electrons. The molecule has 9 nitrogen and oxygen atoms in total. The number of carbonyl (C=O) groups excluding carboxylic acids is 1. The van der Waals surface area contributed by atoms with Crippen molar-refractivity contribution >= 4 is 33.5 Å². The first kappa shape index (κ1) is 28.7. The van der Waals surface area contributed by atoms with Crippen LogP contribution in [0, 0.1) is 5.82 Å². The van der Waals surface area contributed by atoms with Crippen molar-refractivity contribution in [3.05, 3.63) is 112 Å². The number of rotatable bonds is 6. The second kappa shape index (κ2) is 11.0. The molecule has 0 atom stereocenters. The number of halogens is 1. The van der Waals surface area contributed by atoms with Crippen LogP contribution in [0.15, 0.2) is 84.0 Å². The van der Waals surface area contributed by atoms with Gasteiger partial charge in [0.25, 0.3) is 5.56 Å². The lowest BCUT2D eigenvalue weighted by Crippen LogP contribution is -2.24. The van der Waals surface area contributed by atoms with Gasteiger partial charge in [0.1, 0.15) is 12.4 Å². The van der Waals surface area contributed by atoms with Crippen LogP contribution < -0.4 is 11.3 Å². The highest BCUT2D eigenvalue weighted by Crippen LogP contribution is 2.33. The molecule has 44 heavy (non-hydrogen) atoms. The summed E-state index contributed by atoms with van der Waals surface area (Å²) in [5, 5.41) is 10.1. The number of hydrogen-bond donors (Lipinski definition) is 1. The van der Waals surface area contributed by atoms with Crippen LogP contribution in [0.3, 0.4) is 0 Å².